The summed E-state index contributed by atoms with van der Waals surface area (Å²) in [5.74, 6) is -2.44. The van der Waals surface area contributed by atoms with E-state index >= 15 is 0 Å². The molecule has 0 spiro atoms. The van der Waals surface area contributed by atoms with Gasteiger partial charge in [-0.3, -0.25) is 9.59 Å². The summed E-state index contributed by atoms with van der Waals surface area (Å²) in [6, 6.07) is 5.50. The van der Waals surface area contributed by atoms with E-state index in [2.05, 4.69) is 0 Å². The average molecular weight is 356 g/mol. The number of nitrogens with one attached hydrogen (secondary N) is 1. The van der Waals surface area contributed by atoms with Crippen LogP contribution in [0, 0.1) is 56.2 Å². The van der Waals surface area contributed by atoms with Crippen molar-refractivity contribution in [1.29, 1.82) is 21.2 Å². The van der Waals surface area contributed by atoms with E-state index in [1.165, 1.54) is 13.0 Å². The van der Waals surface area contributed by atoms with E-state index in [9.17, 15) is 25.4 Å². The summed E-state index contributed by atoms with van der Waals surface area (Å²) in [5.41, 5.74) is -3.64. The Morgan fingerprint density at radius 1 is 1.15 bits per heavy atom. The number of allylic oxidation sites excluding steroid dienone is 1. The Labute approximate surface area is 152 Å². The van der Waals surface area contributed by atoms with Crippen LogP contribution in [-0.2, 0) is 19.1 Å². The molecule has 0 saturated carbocycles. The highest BCUT2D eigenvalue weighted by Crippen LogP contribution is 2.51. The molecule has 1 aliphatic carbocycles. The van der Waals surface area contributed by atoms with E-state index in [1.807, 2.05) is 18.2 Å². The van der Waals surface area contributed by atoms with E-state index in [-0.39, 0.29) is 31.6 Å². The van der Waals surface area contributed by atoms with Crippen molar-refractivity contribution in [1.82, 2.24) is 0 Å². The number of nitriles is 3. The van der Waals surface area contributed by atoms with Crippen molar-refractivity contribution in [2.24, 2.45) is 16.7 Å². The first-order valence-corrected chi connectivity index (χ1v) is 8.09. The molecule has 2 atom stereocenters. The van der Waals surface area contributed by atoms with Gasteiger partial charge in [0.15, 0.2) is 5.41 Å². The van der Waals surface area contributed by atoms with E-state index in [1.54, 1.807) is 13.8 Å². The van der Waals surface area contributed by atoms with Gasteiger partial charge in [-0.15, -0.1) is 0 Å². The molecule has 0 aromatic carbocycles. The van der Waals surface area contributed by atoms with Crippen LogP contribution >= 0.6 is 0 Å². The third kappa shape index (κ3) is 3.58. The van der Waals surface area contributed by atoms with Gasteiger partial charge in [0.2, 0.25) is 0 Å². The lowest BCUT2D eigenvalue weighted by Crippen LogP contribution is -2.50. The van der Waals surface area contributed by atoms with Crippen molar-refractivity contribution in [3.63, 3.8) is 0 Å². The lowest BCUT2D eigenvalue weighted by Gasteiger charge is -2.42. The zero-order valence-corrected chi connectivity index (χ0v) is 15.0. The number of carbonyl (C=O) groups is 2. The highest BCUT2D eigenvalue weighted by Gasteiger charge is 2.58. The molecule has 8 nitrogen and oxygen atoms in total. The fourth-order valence-corrected chi connectivity index (χ4v) is 3.09. The number of nitrogens with zero attached hydrogens (tertiary/aromatic N) is 3. The van der Waals surface area contributed by atoms with Crippen LogP contribution in [0.5, 0.6) is 0 Å². The zero-order valence-electron chi connectivity index (χ0n) is 15.0. The third-order valence-electron chi connectivity index (χ3n) is 4.36. The van der Waals surface area contributed by atoms with E-state index in [0.29, 0.717) is 0 Å². The Balaban J connectivity index is 3.52. The minimum Gasteiger partial charge on any atom is -0.466 e. The van der Waals surface area contributed by atoms with E-state index in [0.717, 1.165) is 0 Å². The molecule has 0 saturated heterocycles. The molecule has 0 heterocycles. The summed E-state index contributed by atoms with van der Waals surface area (Å²) >= 11 is 0. The van der Waals surface area contributed by atoms with Crippen molar-refractivity contribution in [3.05, 3.63) is 11.6 Å². The molecule has 1 rings (SSSR count). The molecule has 136 valence electrons. The van der Waals surface area contributed by atoms with Gasteiger partial charge in [0.25, 0.3) is 0 Å². The Bertz CT molecular complexity index is 752. The van der Waals surface area contributed by atoms with Crippen LogP contribution in [-0.4, -0.2) is 30.9 Å². The number of ether oxygens (including phenoxy) is 2. The summed E-state index contributed by atoms with van der Waals surface area (Å²) in [5, 5.41) is 37.1. The fraction of sp³-hybridized carbons (Fsp3) is 0.556. The highest BCUT2D eigenvalue weighted by atomic mass is 16.5. The molecule has 0 amide bonds. The van der Waals surface area contributed by atoms with Crippen molar-refractivity contribution >= 4 is 17.7 Å². The van der Waals surface area contributed by atoms with Crippen LogP contribution in [0.25, 0.3) is 0 Å². The van der Waals surface area contributed by atoms with Gasteiger partial charge < -0.3 is 14.9 Å². The lowest BCUT2D eigenvalue weighted by atomic mass is 9.54. The summed E-state index contributed by atoms with van der Waals surface area (Å²) in [4.78, 5) is 23.9. The third-order valence-corrected chi connectivity index (χ3v) is 4.36. The average Bonchev–Trinajstić information content (AvgIpc) is 2.56. The molecular weight excluding hydrogens is 336 g/mol. The van der Waals surface area contributed by atoms with Gasteiger partial charge in [-0.2, -0.15) is 15.8 Å². The van der Waals surface area contributed by atoms with Crippen molar-refractivity contribution < 1.29 is 19.1 Å². The minimum absolute atomic E-state index is 0.124. The maximum absolute atomic E-state index is 12.0. The van der Waals surface area contributed by atoms with Crippen LogP contribution in [0.2, 0.25) is 0 Å². The molecule has 0 bridgehead atoms. The second kappa shape index (κ2) is 8.27. The standard InChI is InChI=1S/C18H20N4O4/c1-4-25-14(23)6-12-7-17(3,8-15(24)26-5-2)18(10-20,11-21)16(22)13(12)9-19/h7,13,22H,4-6,8H2,1-3H3/t13?,17-/m0/s1. The van der Waals surface area contributed by atoms with Crippen molar-refractivity contribution in [2.75, 3.05) is 13.2 Å². The predicted molar refractivity (Wildman–Crippen MR) is 89.2 cm³/mol. The number of esters is 2. The Hall–Kier alpha value is -3.18. The minimum atomic E-state index is -2.02. The topological polar surface area (TPSA) is 148 Å². The van der Waals surface area contributed by atoms with Gasteiger partial charge in [-0.05, 0) is 19.4 Å². The summed E-state index contributed by atoms with van der Waals surface area (Å²) in [6.07, 6.45) is 0.813. The second-order valence-corrected chi connectivity index (χ2v) is 6.05. The number of carbonyl (C=O) groups excluding carboxylic acids is 2. The van der Waals surface area contributed by atoms with Crippen molar-refractivity contribution in [2.45, 2.75) is 33.6 Å². The van der Waals surface area contributed by atoms with E-state index in [4.69, 9.17) is 14.9 Å². The molecule has 8 heteroatoms. The Morgan fingerprint density at radius 2 is 1.69 bits per heavy atom. The monoisotopic (exact) mass is 356 g/mol. The number of rotatable bonds is 6. The Kier molecular flexibility index (Phi) is 6.64. The molecule has 0 aliphatic heterocycles. The Morgan fingerprint density at radius 3 is 2.15 bits per heavy atom. The normalized spacial score (nSPS) is 23.6. The first kappa shape index (κ1) is 20.9. The summed E-state index contributed by atoms with van der Waals surface area (Å²) in [6.45, 7) is 5.01. The largest absolute Gasteiger partial charge is 0.466 e. The highest BCUT2D eigenvalue weighted by molar-refractivity contribution is 6.01. The van der Waals surface area contributed by atoms with Crippen LogP contribution in [0.3, 0.4) is 0 Å². The van der Waals surface area contributed by atoms with Gasteiger partial charge in [0, 0.05) is 5.41 Å². The number of hydrogen-bond acceptors (Lipinski definition) is 8. The SMILES string of the molecule is CCOC(=O)CC1=C[C@@](C)(CC(=O)OCC)C(C#N)(C#N)C(=N)C1C#N. The summed E-state index contributed by atoms with van der Waals surface area (Å²) in [7, 11) is 0. The zero-order chi connectivity index (χ0) is 20.0. The smallest absolute Gasteiger partial charge is 0.309 e. The molecular formula is C18H20N4O4. The maximum atomic E-state index is 12.0. The molecule has 1 N–H and O–H groups in total. The molecule has 26 heavy (non-hydrogen) atoms. The fourth-order valence-electron chi connectivity index (χ4n) is 3.09. The summed E-state index contributed by atoms with van der Waals surface area (Å²) < 4.78 is 9.81. The van der Waals surface area contributed by atoms with Crippen LogP contribution < -0.4 is 0 Å². The van der Waals surface area contributed by atoms with Gasteiger partial charge in [0.05, 0.1) is 50.0 Å². The number of hydrogen-bond donors (Lipinski definition) is 1. The quantitative estimate of drug-likeness (QED) is 0.565. The maximum Gasteiger partial charge on any atom is 0.309 e. The van der Waals surface area contributed by atoms with Crippen LogP contribution in [0.1, 0.15) is 33.6 Å². The molecule has 0 aromatic rings. The molecule has 1 unspecified atom stereocenters. The first-order valence-electron chi connectivity index (χ1n) is 8.09. The van der Waals surface area contributed by atoms with Gasteiger partial charge in [0.1, 0.15) is 5.92 Å². The molecule has 0 fully saturated rings. The van der Waals surface area contributed by atoms with Gasteiger partial charge in [-0.25, -0.2) is 0 Å². The van der Waals surface area contributed by atoms with Gasteiger partial charge in [-0.1, -0.05) is 13.0 Å². The van der Waals surface area contributed by atoms with Crippen LogP contribution in [0.15, 0.2) is 11.6 Å². The van der Waals surface area contributed by atoms with Crippen LogP contribution in [0.4, 0.5) is 0 Å². The first-order chi connectivity index (χ1) is 12.2. The second-order valence-electron chi connectivity index (χ2n) is 6.05. The predicted octanol–water partition coefficient (Wildman–Crippen LogP) is 2.03. The molecule has 0 aromatic heterocycles. The molecule has 0 radical (unpaired) electrons. The van der Waals surface area contributed by atoms with E-state index < -0.39 is 34.4 Å². The lowest BCUT2D eigenvalue weighted by molar-refractivity contribution is -0.145. The van der Waals surface area contributed by atoms with Crippen molar-refractivity contribution in [3.8, 4) is 18.2 Å². The molecule has 1 aliphatic rings. The van der Waals surface area contributed by atoms with Gasteiger partial charge >= 0.3 is 11.9 Å².